The van der Waals surface area contributed by atoms with Crippen molar-refractivity contribution >= 4 is 5.91 Å². The Kier molecular flexibility index (Phi) is 3.97. The summed E-state index contributed by atoms with van der Waals surface area (Å²) in [5, 5.41) is 3.43. The number of nitrogens with one attached hydrogen (secondary N) is 1. The zero-order valence-electron chi connectivity index (χ0n) is 12.2. The summed E-state index contributed by atoms with van der Waals surface area (Å²) < 4.78 is 0. The molecule has 18 heavy (non-hydrogen) atoms. The van der Waals surface area contributed by atoms with Crippen LogP contribution in [0.2, 0.25) is 0 Å². The normalized spacial score (nSPS) is 37.3. The van der Waals surface area contributed by atoms with E-state index in [1.165, 1.54) is 6.42 Å². The molecule has 0 aromatic rings. The number of rotatable bonds is 2. The van der Waals surface area contributed by atoms with Crippen LogP contribution in [0.25, 0.3) is 0 Å². The Bertz CT molecular complexity index is 310. The van der Waals surface area contributed by atoms with E-state index in [1.54, 1.807) is 0 Å². The molecule has 1 amide bonds. The molecule has 2 aliphatic rings. The Morgan fingerprint density at radius 1 is 1.33 bits per heavy atom. The summed E-state index contributed by atoms with van der Waals surface area (Å²) in [7, 11) is 4.21. The van der Waals surface area contributed by atoms with Crippen molar-refractivity contribution in [2.24, 2.45) is 5.92 Å². The standard InChI is InChI=1S/C14H27N3O/c1-11-9-17(10-12(11)16(3)4)13(18)14(2)7-5-6-8-15-14/h11-12,15H,5-10H2,1-4H3. The quantitative estimate of drug-likeness (QED) is 0.795. The zero-order chi connectivity index (χ0) is 13.3. The summed E-state index contributed by atoms with van der Waals surface area (Å²) in [5.41, 5.74) is -0.320. The highest BCUT2D eigenvalue weighted by molar-refractivity contribution is 5.86. The van der Waals surface area contributed by atoms with Gasteiger partial charge in [-0.25, -0.2) is 0 Å². The number of nitrogens with zero attached hydrogens (tertiary/aromatic N) is 2. The minimum atomic E-state index is -0.320. The van der Waals surface area contributed by atoms with E-state index in [1.807, 2.05) is 0 Å². The monoisotopic (exact) mass is 253 g/mol. The fraction of sp³-hybridized carbons (Fsp3) is 0.929. The molecule has 0 spiro atoms. The summed E-state index contributed by atoms with van der Waals surface area (Å²) >= 11 is 0. The van der Waals surface area contributed by atoms with Crippen LogP contribution in [-0.2, 0) is 4.79 Å². The number of carbonyl (C=O) groups is 1. The number of hydrogen-bond donors (Lipinski definition) is 1. The molecule has 4 heteroatoms. The predicted molar refractivity (Wildman–Crippen MR) is 73.5 cm³/mol. The van der Waals surface area contributed by atoms with Gasteiger partial charge in [0.05, 0.1) is 5.54 Å². The summed E-state index contributed by atoms with van der Waals surface area (Å²) in [6.45, 7) is 7.07. The van der Waals surface area contributed by atoms with E-state index in [4.69, 9.17) is 0 Å². The van der Waals surface area contributed by atoms with Crippen LogP contribution in [-0.4, -0.2) is 61.0 Å². The molecule has 2 heterocycles. The predicted octanol–water partition coefficient (Wildman–Crippen LogP) is 0.927. The SMILES string of the molecule is CC1CN(C(=O)C2(C)CCCCN2)CC1N(C)C. The molecule has 2 aliphatic heterocycles. The first-order valence-electron chi connectivity index (χ1n) is 7.15. The third kappa shape index (κ3) is 2.54. The second kappa shape index (κ2) is 5.17. The van der Waals surface area contributed by atoms with Gasteiger partial charge in [-0.2, -0.15) is 0 Å². The maximum absolute atomic E-state index is 12.7. The van der Waals surface area contributed by atoms with E-state index in [9.17, 15) is 4.79 Å². The lowest BCUT2D eigenvalue weighted by atomic mass is 9.89. The van der Waals surface area contributed by atoms with E-state index in [0.29, 0.717) is 17.9 Å². The molecule has 2 rings (SSSR count). The molecule has 0 aromatic carbocycles. The first-order valence-corrected chi connectivity index (χ1v) is 7.15. The van der Waals surface area contributed by atoms with Gasteiger partial charge in [0.1, 0.15) is 0 Å². The highest BCUT2D eigenvalue weighted by Gasteiger charge is 2.42. The first-order chi connectivity index (χ1) is 8.44. The zero-order valence-corrected chi connectivity index (χ0v) is 12.2. The summed E-state index contributed by atoms with van der Waals surface area (Å²) in [6, 6.07) is 0.501. The Morgan fingerprint density at radius 3 is 2.56 bits per heavy atom. The van der Waals surface area contributed by atoms with Crippen molar-refractivity contribution in [1.82, 2.24) is 15.1 Å². The van der Waals surface area contributed by atoms with Crippen LogP contribution >= 0.6 is 0 Å². The molecule has 104 valence electrons. The minimum absolute atomic E-state index is 0.304. The Morgan fingerprint density at radius 2 is 2.06 bits per heavy atom. The summed E-state index contributed by atoms with van der Waals surface area (Å²) in [4.78, 5) is 17.0. The number of likely N-dealkylation sites (N-methyl/N-ethyl adjacent to an activating group) is 1. The van der Waals surface area contributed by atoms with Gasteiger partial charge in [0.25, 0.3) is 0 Å². The average molecular weight is 253 g/mol. The van der Waals surface area contributed by atoms with Crippen LogP contribution in [0.15, 0.2) is 0 Å². The maximum atomic E-state index is 12.7. The lowest BCUT2D eigenvalue weighted by molar-refractivity contribution is -0.137. The highest BCUT2D eigenvalue weighted by Crippen LogP contribution is 2.26. The van der Waals surface area contributed by atoms with Crippen molar-refractivity contribution in [3.05, 3.63) is 0 Å². The average Bonchev–Trinajstić information content (AvgIpc) is 2.71. The molecule has 3 unspecified atom stereocenters. The van der Waals surface area contributed by atoms with Crippen LogP contribution in [0.1, 0.15) is 33.1 Å². The lowest BCUT2D eigenvalue weighted by Gasteiger charge is -2.36. The summed E-state index contributed by atoms with van der Waals surface area (Å²) in [6.07, 6.45) is 3.33. The van der Waals surface area contributed by atoms with E-state index >= 15 is 0 Å². The van der Waals surface area contributed by atoms with Gasteiger partial charge >= 0.3 is 0 Å². The van der Waals surface area contributed by atoms with Gasteiger partial charge in [0.2, 0.25) is 5.91 Å². The number of piperidine rings is 1. The summed E-state index contributed by atoms with van der Waals surface area (Å²) in [5.74, 6) is 0.870. The van der Waals surface area contributed by atoms with Gasteiger partial charge < -0.3 is 15.1 Å². The van der Waals surface area contributed by atoms with Crippen molar-refractivity contribution in [2.45, 2.75) is 44.7 Å². The fourth-order valence-electron chi connectivity index (χ4n) is 3.38. The lowest BCUT2D eigenvalue weighted by Crippen LogP contribution is -2.57. The smallest absolute Gasteiger partial charge is 0.242 e. The van der Waals surface area contributed by atoms with E-state index in [0.717, 1.165) is 32.5 Å². The molecule has 2 fully saturated rings. The third-order valence-corrected chi connectivity index (χ3v) is 4.61. The number of hydrogen-bond acceptors (Lipinski definition) is 3. The first kappa shape index (κ1) is 13.8. The van der Waals surface area contributed by atoms with Gasteiger partial charge in [-0.3, -0.25) is 4.79 Å². The van der Waals surface area contributed by atoms with E-state index in [2.05, 4.69) is 43.1 Å². The molecule has 0 saturated carbocycles. The Labute approximate surface area is 111 Å². The largest absolute Gasteiger partial charge is 0.339 e. The molecule has 1 N–H and O–H groups in total. The number of amides is 1. The van der Waals surface area contributed by atoms with Crippen LogP contribution in [0.4, 0.5) is 0 Å². The molecular weight excluding hydrogens is 226 g/mol. The molecule has 2 saturated heterocycles. The van der Waals surface area contributed by atoms with E-state index < -0.39 is 0 Å². The van der Waals surface area contributed by atoms with Crippen molar-refractivity contribution < 1.29 is 4.79 Å². The third-order valence-electron chi connectivity index (χ3n) is 4.61. The van der Waals surface area contributed by atoms with Crippen LogP contribution < -0.4 is 5.32 Å². The molecule has 4 nitrogen and oxygen atoms in total. The Balaban J connectivity index is 2.02. The minimum Gasteiger partial charge on any atom is -0.339 e. The molecule has 0 aromatic heterocycles. The van der Waals surface area contributed by atoms with Crippen LogP contribution in [0, 0.1) is 5.92 Å². The van der Waals surface area contributed by atoms with Gasteiger partial charge in [0, 0.05) is 19.1 Å². The molecule has 0 bridgehead atoms. The van der Waals surface area contributed by atoms with Crippen molar-refractivity contribution in [1.29, 1.82) is 0 Å². The fourth-order valence-corrected chi connectivity index (χ4v) is 3.38. The molecular formula is C14H27N3O. The van der Waals surface area contributed by atoms with E-state index in [-0.39, 0.29) is 5.54 Å². The van der Waals surface area contributed by atoms with Gasteiger partial charge in [-0.15, -0.1) is 0 Å². The van der Waals surface area contributed by atoms with Crippen LogP contribution in [0.5, 0.6) is 0 Å². The van der Waals surface area contributed by atoms with Gasteiger partial charge in [-0.05, 0) is 52.7 Å². The van der Waals surface area contributed by atoms with Crippen LogP contribution in [0.3, 0.4) is 0 Å². The highest BCUT2D eigenvalue weighted by atomic mass is 16.2. The molecule has 0 aliphatic carbocycles. The van der Waals surface area contributed by atoms with Crippen molar-refractivity contribution in [2.75, 3.05) is 33.7 Å². The topological polar surface area (TPSA) is 35.6 Å². The van der Waals surface area contributed by atoms with Gasteiger partial charge in [-0.1, -0.05) is 6.92 Å². The molecule has 0 radical (unpaired) electrons. The van der Waals surface area contributed by atoms with Gasteiger partial charge in [0.15, 0.2) is 0 Å². The number of carbonyl (C=O) groups excluding carboxylic acids is 1. The number of likely N-dealkylation sites (tertiary alicyclic amines) is 1. The Hall–Kier alpha value is -0.610. The second-order valence-electron chi connectivity index (χ2n) is 6.43. The van der Waals surface area contributed by atoms with Crippen molar-refractivity contribution in [3.8, 4) is 0 Å². The maximum Gasteiger partial charge on any atom is 0.242 e. The second-order valence-corrected chi connectivity index (χ2v) is 6.43. The van der Waals surface area contributed by atoms with Crippen molar-refractivity contribution in [3.63, 3.8) is 0 Å². The molecule has 3 atom stereocenters.